The van der Waals surface area contributed by atoms with Gasteiger partial charge in [-0.25, -0.2) is 0 Å². The minimum atomic E-state index is -0.187. The lowest BCUT2D eigenvalue weighted by Gasteiger charge is -2.06. The molecule has 2 heterocycles. The molecule has 0 saturated carbocycles. The first-order valence-electron chi connectivity index (χ1n) is 9.77. The van der Waals surface area contributed by atoms with Gasteiger partial charge in [0.1, 0.15) is 11.5 Å². The van der Waals surface area contributed by atoms with Gasteiger partial charge in [-0.2, -0.15) is 0 Å². The van der Waals surface area contributed by atoms with Crippen molar-refractivity contribution in [3.05, 3.63) is 113 Å². The predicted octanol–water partition coefficient (Wildman–Crippen LogP) is 6.53. The van der Waals surface area contributed by atoms with Gasteiger partial charge in [-0.15, -0.1) is 0 Å². The van der Waals surface area contributed by atoms with Crippen molar-refractivity contribution in [1.29, 1.82) is 0 Å². The summed E-state index contributed by atoms with van der Waals surface area (Å²) in [7, 11) is 0. The number of fused-ring (bicyclic) bond motifs is 1. The number of furan rings is 1. The average molecular weight is 423 g/mol. The number of rotatable bonds is 4. The van der Waals surface area contributed by atoms with E-state index >= 15 is 0 Å². The Morgan fingerprint density at radius 2 is 1.68 bits per heavy atom. The number of benzene rings is 3. The number of nitrogens with one attached hydrogen (secondary N) is 1. The van der Waals surface area contributed by atoms with Gasteiger partial charge in [0.15, 0.2) is 0 Å². The van der Waals surface area contributed by atoms with Gasteiger partial charge in [-0.3, -0.25) is 9.59 Å². The molecule has 0 unspecified atom stereocenters. The van der Waals surface area contributed by atoms with Gasteiger partial charge < -0.3 is 9.73 Å². The number of ketones is 1. The van der Waals surface area contributed by atoms with Crippen molar-refractivity contribution in [2.45, 2.75) is 4.90 Å². The van der Waals surface area contributed by atoms with E-state index in [1.54, 1.807) is 18.2 Å². The molecule has 3 aromatic carbocycles. The number of Topliss-reactive ketones (excluding diaryl/α,β-unsaturated/α-hetero) is 1. The number of carbonyl (C=O) groups is 2. The summed E-state index contributed by atoms with van der Waals surface area (Å²) in [6.45, 7) is 0. The Labute approximate surface area is 183 Å². The van der Waals surface area contributed by atoms with E-state index in [4.69, 9.17) is 4.42 Å². The van der Waals surface area contributed by atoms with Crippen molar-refractivity contribution in [2.75, 3.05) is 5.32 Å². The van der Waals surface area contributed by atoms with Gasteiger partial charge in [0.2, 0.25) is 5.78 Å². The third kappa shape index (κ3) is 3.96. The highest BCUT2D eigenvalue weighted by Gasteiger charge is 2.25. The van der Waals surface area contributed by atoms with Crippen LogP contribution in [0.3, 0.4) is 0 Å². The molecule has 5 heteroatoms. The van der Waals surface area contributed by atoms with E-state index in [9.17, 15) is 9.59 Å². The van der Waals surface area contributed by atoms with Crippen LogP contribution in [-0.2, 0) is 0 Å². The van der Waals surface area contributed by atoms with E-state index in [-0.39, 0.29) is 11.7 Å². The van der Waals surface area contributed by atoms with Crippen LogP contribution in [0.2, 0.25) is 0 Å². The summed E-state index contributed by atoms with van der Waals surface area (Å²) in [6, 6.07) is 27.8. The quantitative estimate of drug-likeness (QED) is 0.379. The van der Waals surface area contributed by atoms with E-state index in [1.807, 2.05) is 78.9 Å². The van der Waals surface area contributed by atoms with Crippen LogP contribution < -0.4 is 5.32 Å². The van der Waals surface area contributed by atoms with Gasteiger partial charge in [-0.05, 0) is 54.6 Å². The fourth-order valence-corrected chi connectivity index (χ4v) is 4.42. The molecule has 0 saturated heterocycles. The van der Waals surface area contributed by atoms with Crippen molar-refractivity contribution in [3.63, 3.8) is 0 Å². The minimum Gasteiger partial charge on any atom is -0.457 e. The summed E-state index contributed by atoms with van der Waals surface area (Å²) in [5, 5.41) is 2.88. The molecule has 4 aromatic rings. The zero-order chi connectivity index (χ0) is 21.2. The maximum Gasteiger partial charge on any atom is 0.255 e. The lowest BCUT2D eigenvalue weighted by molar-refractivity contribution is 0.102. The van der Waals surface area contributed by atoms with Crippen molar-refractivity contribution >= 4 is 35.2 Å². The monoisotopic (exact) mass is 423 g/mol. The molecule has 0 atom stereocenters. The number of amides is 1. The van der Waals surface area contributed by atoms with Gasteiger partial charge in [0.25, 0.3) is 5.91 Å². The largest absolute Gasteiger partial charge is 0.457 e. The second kappa shape index (κ2) is 8.13. The van der Waals surface area contributed by atoms with E-state index in [2.05, 4.69) is 5.32 Å². The third-order valence-corrected chi connectivity index (χ3v) is 6.02. The summed E-state index contributed by atoms with van der Waals surface area (Å²) in [6.07, 6.45) is 1.77. The van der Waals surface area contributed by atoms with Crippen LogP contribution in [0.5, 0.6) is 0 Å². The first kappa shape index (κ1) is 19.2. The molecule has 1 aliphatic heterocycles. The van der Waals surface area contributed by atoms with Crippen molar-refractivity contribution in [2.24, 2.45) is 0 Å². The van der Waals surface area contributed by atoms with Crippen LogP contribution in [0.1, 0.15) is 26.5 Å². The smallest absolute Gasteiger partial charge is 0.255 e. The molecule has 0 spiro atoms. The molecule has 1 aromatic heterocycles. The second-order valence-corrected chi connectivity index (χ2v) is 8.12. The summed E-state index contributed by atoms with van der Waals surface area (Å²) >= 11 is 1.45. The Kier molecular flexibility index (Phi) is 5.02. The van der Waals surface area contributed by atoms with Crippen molar-refractivity contribution in [1.82, 2.24) is 0 Å². The first-order valence-corrected chi connectivity index (χ1v) is 10.6. The van der Waals surface area contributed by atoms with Gasteiger partial charge in [0, 0.05) is 27.3 Å². The molecule has 0 aliphatic carbocycles. The minimum absolute atomic E-state index is 0.0122. The first-order chi connectivity index (χ1) is 15.2. The Morgan fingerprint density at radius 3 is 2.52 bits per heavy atom. The standard InChI is InChI=1S/C26H17NO3S/c28-25-21-11-4-5-12-23(21)31-24(25)16-20-13-14-22(30-20)17-7-6-8-18(15-17)26(29)27-19-9-2-1-3-10-19/h1-16H,(H,27,29). The van der Waals surface area contributed by atoms with Gasteiger partial charge in [-0.1, -0.05) is 54.2 Å². The lowest BCUT2D eigenvalue weighted by atomic mass is 10.1. The average Bonchev–Trinajstić information content (AvgIpc) is 3.40. The SMILES string of the molecule is O=C(Nc1ccccc1)c1cccc(-c2ccc(C=C3Sc4ccccc4C3=O)o2)c1. The Bertz CT molecular complexity index is 1320. The molecule has 5 rings (SSSR count). The molecule has 150 valence electrons. The molecule has 0 fully saturated rings. The van der Waals surface area contributed by atoms with Crippen LogP contribution in [0.4, 0.5) is 5.69 Å². The van der Waals surface area contributed by atoms with Gasteiger partial charge in [0.05, 0.1) is 4.91 Å². The zero-order valence-electron chi connectivity index (χ0n) is 16.4. The molecular weight excluding hydrogens is 406 g/mol. The van der Waals surface area contributed by atoms with Gasteiger partial charge >= 0.3 is 0 Å². The number of para-hydroxylation sites is 1. The summed E-state index contributed by atoms with van der Waals surface area (Å²) in [5.41, 5.74) is 2.79. The maximum atomic E-state index is 12.6. The van der Waals surface area contributed by atoms with Crippen molar-refractivity contribution in [3.8, 4) is 11.3 Å². The summed E-state index contributed by atoms with van der Waals surface area (Å²) < 4.78 is 5.96. The highest BCUT2D eigenvalue weighted by Crippen LogP contribution is 2.40. The molecule has 0 radical (unpaired) electrons. The second-order valence-electron chi connectivity index (χ2n) is 7.04. The lowest BCUT2D eigenvalue weighted by Crippen LogP contribution is -2.11. The molecule has 31 heavy (non-hydrogen) atoms. The Morgan fingerprint density at radius 1 is 0.871 bits per heavy atom. The molecular formula is C26H17NO3S. The number of hydrogen-bond donors (Lipinski definition) is 1. The highest BCUT2D eigenvalue weighted by molar-refractivity contribution is 8.04. The number of allylic oxidation sites excluding steroid dienone is 1. The third-order valence-electron chi connectivity index (χ3n) is 4.92. The fourth-order valence-electron chi connectivity index (χ4n) is 3.39. The molecule has 1 N–H and O–H groups in total. The topological polar surface area (TPSA) is 59.3 Å². The van der Waals surface area contributed by atoms with Crippen LogP contribution in [-0.4, -0.2) is 11.7 Å². The molecule has 1 aliphatic rings. The number of carbonyl (C=O) groups excluding carboxylic acids is 2. The predicted molar refractivity (Wildman–Crippen MR) is 123 cm³/mol. The number of anilines is 1. The Balaban J connectivity index is 1.36. The molecule has 1 amide bonds. The fraction of sp³-hybridized carbons (Fsp3) is 0. The van der Waals surface area contributed by atoms with E-state index in [0.29, 0.717) is 22.0 Å². The Hall–Kier alpha value is -3.83. The normalized spacial score (nSPS) is 13.9. The number of thioether (sulfide) groups is 1. The van der Waals surface area contributed by atoms with Crippen LogP contribution in [0, 0.1) is 0 Å². The molecule has 4 nitrogen and oxygen atoms in total. The summed E-state index contributed by atoms with van der Waals surface area (Å²) in [5.74, 6) is 1.05. The highest BCUT2D eigenvalue weighted by atomic mass is 32.2. The van der Waals surface area contributed by atoms with E-state index in [1.165, 1.54) is 11.8 Å². The van der Waals surface area contributed by atoms with Crippen LogP contribution in [0.15, 0.2) is 105 Å². The van der Waals surface area contributed by atoms with Crippen LogP contribution in [0.25, 0.3) is 17.4 Å². The zero-order valence-corrected chi connectivity index (χ0v) is 17.2. The van der Waals surface area contributed by atoms with Crippen molar-refractivity contribution < 1.29 is 14.0 Å². The number of hydrogen-bond acceptors (Lipinski definition) is 4. The molecule has 0 bridgehead atoms. The van der Waals surface area contributed by atoms with E-state index < -0.39 is 0 Å². The van der Waals surface area contributed by atoms with Crippen LogP contribution >= 0.6 is 11.8 Å². The van der Waals surface area contributed by atoms with E-state index in [0.717, 1.165) is 21.7 Å². The summed E-state index contributed by atoms with van der Waals surface area (Å²) in [4.78, 5) is 26.8. The maximum absolute atomic E-state index is 12.6.